The Balaban J connectivity index is 1.90. The molecule has 0 radical (unpaired) electrons. The predicted octanol–water partition coefficient (Wildman–Crippen LogP) is -0.758. The van der Waals surface area contributed by atoms with Crippen LogP contribution in [0.5, 0.6) is 0 Å². The van der Waals surface area contributed by atoms with Gasteiger partial charge >= 0.3 is 7.12 Å². The number of hydrogen-bond acceptors (Lipinski definition) is 7. The van der Waals surface area contributed by atoms with Crippen LogP contribution in [-0.2, 0) is 9.59 Å². The topological polar surface area (TPSA) is 128 Å². The van der Waals surface area contributed by atoms with Crippen LogP contribution in [0.2, 0.25) is 0 Å². The van der Waals surface area contributed by atoms with Crippen molar-refractivity contribution in [2.45, 2.75) is 51.6 Å². The van der Waals surface area contributed by atoms with E-state index in [0.717, 1.165) is 12.4 Å². The summed E-state index contributed by atoms with van der Waals surface area (Å²) in [6.07, 6.45) is 3.01. The zero-order valence-corrected chi connectivity index (χ0v) is 15.6. The van der Waals surface area contributed by atoms with Crippen LogP contribution in [0, 0.1) is 11.7 Å². The normalized spacial score (nSPS) is 18.5. The first-order valence-electron chi connectivity index (χ1n) is 8.90. The van der Waals surface area contributed by atoms with E-state index < -0.39 is 36.9 Å². The summed E-state index contributed by atoms with van der Waals surface area (Å²) >= 11 is 0. The zero-order chi connectivity index (χ0) is 20.1. The molecule has 148 valence electrons. The summed E-state index contributed by atoms with van der Waals surface area (Å²) in [4.78, 5) is 34.0. The highest BCUT2D eigenvalue weighted by Crippen LogP contribution is 2.22. The van der Waals surface area contributed by atoms with Crippen LogP contribution < -0.4 is 15.5 Å². The van der Waals surface area contributed by atoms with Crippen LogP contribution in [0.15, 0.2) is 12.4 Å². The maximum atomic E-state index is 12.9. The van der Waals surface area contributed by atoms with E-state index in [1.165, 1.54) is 6.92 Å². The summed E-state index contributed by atoms with van der Waals surface area (Å²) in [7, 11) is -1.68. The third-order valence-electron chi connectivity index (χ3n) is 4.35. The number of carbonyl (C=O) groups is 2. The molecule has 9 nitrogen and oxygen atoms in total. The Morgan fingerprint density at radius 3 is 2.41 bits per heavy atom. The van der Waals surface area contributed by atoms with Crippen molar-refractivity contribution in [3.8, 4) is 0 Å². The van der Waals surface area contributed by atoms with Gasteiger partial charge in [0, 0.05) is 6.54 Å². The Labute approximate surface area is 157 Å². The molecular formula is C16H25BFN5O4. The molecule has 0 saturated carbocycles. The van der Waals surface area contributed by atoms with Gasteiger partial charge in [-0.05, 0) is 25.7 Å². The van der Waals surface area contributed by atoms with Gasteiger partial charge in [0.1, 0.15) is 12.1 Å². The SMILES string of the molecule is CC(C)C[C@@H](NC(=O)[C@H](C)NC(=O)[C@@H]1CCN1c1ncc(F)cn1)B(O)O. The first kappa shape index (κ1) is 21.0. The van der Waals surface area contributed by atoms with Crippen molar-refractivity contribution in [1.82, 2.24) is 20.6 Å². The molecule has 3 atom stereocenters. The minimum Gasteiger partial charge on any atom is -0.426 e. The predicted molar refractivity (Wildman–Crippen MR) is 96.9 cm³/mol. The number of amides is 2. The molecule has 1 aliphatic heterocycles. The number of hydrogen-bond donors (Lipinski definition) is 4. The molecule has 0 aliphatic carbocycles. The van der Waals surface area contributed by atoms with Crippen molar-refractivity contribution >= 4 is 24.9 Å². The molecule has 1 fully saturated rings. The van der Waals surface area contributed by atoms with E-state index in [0.29, 0.717) is 19.4 Å². The van der Waals surface area contributed by atoms with Crippen LogP contribution in [0.25, 0.3) is 0 Å². The van der Waals surface area contributed by atoms with Crippen molar-refractivity contribution in [3.05, 3.63) is 18.2 Å². The summed E-state index contributed by atoms with van der Waals surface area (Å²) < 4.78 is 12.9. The summed E-state index contributed by atoms with van der Waals surface area (Å²) in [5, 5.41) is 23.9. The van der Waals surface area contributed by atoms with Gasteiger partial charge in [0.05, 0.1) is 18.3 Å². The summed E-state index contributed by atoms with van der Waals surface area (Å²) in [6, 6.07) is -1.40. The molecule has 2 amide bonds. The van der Waals surface area contributed by atoms with E-state index in [1.807, 2.05) is 13.8 Å². The van der Waals surface area contributed by atoms with Crippen molar-refractivity contribution in [2.24, 2.45) is 5.92 Å². The van der Waals surface area contributed by atoms with E-state index in [4.69, 9.17) is 0 Å². The molecular weight excluding hydrogens is 356 g/mol. The quantitative estimate of drug-likeness (QED) is 0.436. The van der Waals surface area contributed by atoms with Crippen LogP contribution in [0.4, 0.5) is 10.3 Å². The molecule has 1 saturated heterocycles. The number of halogens is 1. The van der Waals surface area contributed by atoms with E-state index in [1.54, 1.807) is 4.90 Å². The molecule has 0 unspecified atom stereocenters. The largest absolute Gasteiger partial charge is 0.475 e. The molecule has 0 bridgehead atoms. The molecule has 1 aliphatic rings. The van der Waals surface area contributed by atoms with Gasteiger partial charge in [-0.2, -0.15) is 0 Å². The van der Waals surface area contributed by atoms with Gasteiger partial charge in [-0.1, -0.05) is 13.8 Å². The average Bonchev–Trinajstić information content (AvgIpc) is 2.54. The molecule has 1 aromatic rings. The lowest BCUT2D eigenvalue weighted by molar-refractivity contribution is -0.130. The minimum atomic E-state index is -1.68. The Bertz CT molecular complexity index is 661. The Kier molecular flexibility index (Phi) is 7.08. The van der Waals surface area contributed by atoms with Crippen LogP contribution in [0.3, 0.4) is 0 Å². The first-order chi connectivity index (χ1) is 12.7. The summed E-state index contributed by atoms with van der Waals surface area (Å²) in [6.45, 7) is 5.86. The fourth-order valence-electron chi connectivity index (χ4n) is 2.80. The van der Waals surface area contributed by atoms with E-state index >= 15 is 0 Å². The van der Waals surface area contributed by atoms with E-state index in [2.05, 4.69) is 20.6 Å². The van der Waals surface area contributed by atoms with Crippen LogP contribution in [-0.4, -0.2) is 63.5 Å². The molecule has 4 N–H and O–H groups in total. The maximum absolute atomic E-state index is 12.9. The molecule has 2 heterocycles. The molecule has 0 aromatic carbocycles. The van der Waals surface area contributed by atoms with Gasteiger partial charge < -0.3 is 25.6 Å². The molecule has 2 rings (SSSR count). The Morgan fingerprint density at radius 2 is 1.93 bits per heavy atom. The average molecular weight is 381 g/mol. The lowest BCUT2D eigenvalue weighted by atomic mass is 9.75. The highest BCUT2D eigenvalue weighted by Gasteiger charge is 2.37. The lowest BCUT2D eigenvalue weighted by Gasteiger charge is -2.40. The second kappa shape index (κ2) is 9.09. The number of aromatic nitrogens is 2. The fraction of sp³-hybridized carbons (Fsp3) is 0.625. The number of rotatable bonds is 8. The van der Waals surface area contributed by atoms with Crippen LogP contribution in [0.1, 0.15) is 33.6 Å². The second-order valence-electron chi connectivity index (χ2n) is 7.09. The maximum Gasteiger partial charge on any atom is 0.475 e. The van der Waals surface area contributed by atoms with Crippen LogP contribution >= 0.6 is 0 Å². The molecule has 11 heteroatoms. The number of nitrogens with zero attached hydrogens (tertiary/aromatic N) is 3. The number of anilines is 1. The highest BCUT2D eigenvalue weighted by molar-refractivity contribution is 6.43. The van der Waals surface area contributed by atoms with Crippen molar-refractivity contribution in [3.63, 3.8) is 0 Å². The summed E-state index contributed by atoms with van der Waals surface area (Å²) in [5.41, 5.74) is 0. The highest BCUT2D eigenvalue weighted by atomic mass is 19.1. The van der Waals surface area contributed by atoms with Gasteiger partial charge in [0.25, 0.3) is 0 Å². The number of nitrogens with one attached hydrogen (secondary N) is 2. The third kappa shape index (κ3) is 5.60. The molecule has 27 heavy (non-hydrogen) atoms. The Morgan fingerprint density at radius 1 is 1.30 bits per heavy atom. The van der Waals surface area contributed by atoms with Gasteiger partial charge in [-0.25, -0.2) is 14.4 Å². The smallest absolute Gasteiger partial charge is 0.426 e. The standard InChI is InChI=1S/C16H25BFN5O4/c1-9(2)6-13(17(26)27)22-14(24)10(3)21-15(25)12-4-5-23(12)16-19-7-11(18)8-20-16/h7-10,12-13,26-27H,4-6H2,1-3H3,(H,21,25)(H,22,24)/t10-,12-,13+/m0/s1. The molecule has 1 aromatic heterocycles. The second-order valence-corrected chi connectivity index (χ2v) is 7.09. The van der Waals surface area contributed by atoms with Gasteiger partial charge in [0.2, 0.25) is 17.8 Å². The van der Waals surface area contributed by atoms with Crippen molar-refractivity contribution in [1.29, 1.82) is 0 Å². The van der Waals surface area contributed by atoms with E-state index in [-0.39, 0.29) is 17.8 Å². The summed E-state index contributed by atoms with van der Waals surface area (Å²) in [5.74, 6) is -1.86. The monoisotopic (exact) mass is 381 g/mol. The lowest BCUT2D eigenvalue weighted by Crippen LogP contribution is -2.60. The molecule has 0 spiro atoms. The van der Waals surface area contributed by atoms with Gasteiger partial charge in [-0.3, -0.25) is 9.59 Å². The zero-order valence-electron chi connectivity index (χ0n) is 15.6. The fourth-order valence-corrected chi connectivity index (χ4v) is 2.80. The number of carbonyl (C=O) groups excluding carboxylic acids is 2. The van der Waals surface area contributed by atoms with E-state index in [9.17, 15) is 24.0 Å². The third-order valence-corrected chi connectivity index (χ3v) is 4.35. The van der Waals surface area contributed by atoms with Crippen molar-refractivity contribution < 1.29 is 24.0 Å². The van der Waals surface area contributed by atoms with Gasteiger partial charge in [0.15, 0.2) is 5.82 Å². The first-order valence-corrected chi connectivity index (χ1v) is 8.90. The Hall–Kier alpha value is -2.27. The minimum absolute atomic E-state index is 0.154. The van der Waals surface area contributed by atoms with Crippen molar-refractivity contribution in [2.75, 3.05) is 11.4 Å². The van der Waals surface area contributed by atoms with Gasteiger partial charge in [-0.15, -0.1) is 0 Å².